The van der Waals surface area contributed by atoms with Crippen LogP contribution in [0.25, 0.3) is 0 Å². The Bertz CT molecular complexity index is 425. The number of thioether (sulfide) groups is 1. The fraction of sp³-hybridized carbons (Fsp3) is 0.643. The normalized spacial score (nSPS) is 10.4. The van der Waals surface area contributed by atoms with E-state index in [0.717, 1.165) is 11.8 Å². The van der Waals surface area contributed by atoms with Crippen LogP contribution in [0.3, 0.4) is 0 Å². The summed E-state index contributed by atoms with van der Waals surface area (Å²) in [6, 6.07) is 0. The van der Waals surface area contributed by atoms with Crippen LogP contribution in [0.15, 0.2) is 0 Å². The molecule has 0 aromatic carbocycles. The highest BCUT2D eigenvalue weighted by atomic mass is 32.2. The molecule has 0 aliphatic carbocycles. The number of carbonyl (C=O) groups is 2. The number of ether oxygens (including phenoxy) is 1. The largest absolute Gasteiger partial charge is 0.479 e. The molecule has 2 amide bonds. The molecule has 0 spiro atoms. The third kappa shape index (κ3) is 10.2. The summed E-state index contributed by atoms with van der Waals surface area (Å²) in [4.78, 5) is 25.2. The van der Waals surface area contributed by atoms with Gasteiger partial charge in [0.25, 0.3) is 0 Å². The molecule has 0 rings (SSSR count). The summed E-state index contributed by atoms with van der Waals surface area (Å²) >= 11 is 6.05. The summed E-state index contributed by atoms with van der Waals surface area (Å²) in [6.07, 6.45) is 5.24. The third-order valence-corrected chi connectivity index (χ3v) is 3.28. The van der Waals surface area contributed by atoms with E-state index in [1.807, 2.05) is 27.7 Å². The minimum Gasteiger partial charge on any atom is -0.479 e. The van der Waals surface area contributed by atoms with Crippen LogP contribution in [-0.2, 0) is 14.3 Å². The summed E-state index contributed by atoms with van der Waals surface area (Å²) in [5.41, 5.74) is -0.354. The number of amides is 2. The lowest BCUT2D eigenvalue weighted by Gasteiger charge is -2.24. The number of hydrogen-bond acceptors (Lipinski definition) is 5. The number of thiocarbonyl (C=S) groups is 1. The zero-order chi connectivity index (χ0) is 16.5. The summed E-state index contributed by atoms with van der Waals surface area (Å²) < 4.78 is 5.39. The van der Waals surface area contributed by atoms with Crippen molar-refractivity contribution in [1.82, 2.24) is 10.2 Å². The maximum absolute atomic E-state index is 12.1. The lowest BCUT2D eigenvalue weighted by molar-refractivity contribution is -0.134. The molecule has 0 aliphatic rings. The Morgan fingerprint density at radius 1 is 1.43 bits per heavy atom. The molecule has 0 heterocycles. The molecule has 0 bridgehead atoms. The molecule has 0 unspecified atom stereocenters. The molecule has 0 saturated heterocycles. The van der Waals surface area contributed by atoms with Gasteiger partial charge in [0.2, 0.25) is 16.2 Å². The molecule has 0 aromatic rings. The summed E-state index contributed by atoms with van der Waals surface area (Å²) in [6.45, 7) is 7.90. The molecule has 7 heteroatoms. The number of nitrogens with zero attached hydrogens (tertiary/aromatic N) is 1. The van der Waals surface area contributed by atoms with Gasteiger partial charge in [-0.1, -0.05) is 17.7 Å². The number of hydrogen-bond donors (Lipinski definition) is 1. The molecule has 0 aliphatic heterocycles. The van der Waals surface area contributed by atoms with E-state index in [-0.39, 0.29) is 36.2 Å². The van der Waals surface area contributed by atoms with E-state index >= 15 is 0 Å². The Balaban J connectivity index is 4.47. The van der Waals surface area contributed by atoms with Crippen LogP contribution < -0.4 is 5.32 Å². The predicted octanol–water partition coefficient (Wildman–Crippen LogP) is 1.42. The minimum atomic E-state index is -0.354. The fourth-order valence-electron chi connectivity index (χ4n) is 1.35. The maximum atomic E-state index is 12.1. The SMILES string of the molecule is C#CCN(CC(=O)NC(C)(C)C)C(=O)CSC(=S)OCC. The summed E-state index contributed by atoms with van der Waals surface area (Å²) in [5.74, 6) is 1.99. The van der Waals surface area contributed by atoms with Crippen molar-refractivity contribution in [3.63, 3.8) is 0 Å². The number of carbonyl (C=O) groups excluding carboxylic acids is 2. The van der Waals surface area contributed by atoms with Gasteiger partial charge in [0, 0.05) is 5.54 Å². The Labute approximate surface area is 136 Å². The first-order valence-electron chi connectivity index (χ1n) is 6.51. The minimum absolute atomic E-state index is 0.0672. The van der Waals surface area contributed by atoms with E-state index < -0.39 is 0 Å². The number of rotatable bonds is 6. The summed E-state index contributed by atoms with van der Waals surface area (Å²) in [5, 5.41) is 2.79. The monoisotopic (exact) mass is 330 g/mol. The van der Waals surface area contributed by atoms with Crippen molar-refractivity contribution in [2.45, 2.75) is 33.2 Å². The molecule has 0 radical (unpaired) electrons. The second kappa shape index (κ2) is 9.64. The smallest absolute Gasteiger partial charge is 0.240 e. The average molecular weight is 330 g/mol. The van der Waals surface area contributed by atoms with Crippen LogP contribution in [0, 0.1) is 12.3 Å². The fourth-order valence-corrected chi connectivity index (χ4v) is 2.26. The Hall–Kier alpha value is -1.26. The quantitative estimate of drug-likeness (QED) is 0.589. The predicted molar refractivity (Wildman–Crippen MR) is 90.0 cm³/mol. The first-order valence-corrected chi connectivity index (χ1v) is 7.90. The molecular weight excluding hydrogens is 308 g/mol. The standard InChI is InChI=1S/C14H22N2O3S2/c1-6-8-16(9-11(17)15-14(3,4)5)12(18)10-21-13(20)19-7-2/h1H,7-10H2,2-5H3,(H,15,17). The number of terminal acetylenes is 1. The first-order chi connectivity index (χ1) is 9.69. The zero-order valence-electron chi connectivity index (χ0n) is 12.9. The molecule has 0 atom stereocenters. The van der Waals surface area contributed by atoms with E-state index in [9.17, 15) is 9.59 Å². The van der Waals surface area contributed by atoms with Crippen molar-refractivity contribution in [1.29, 1.82) is 0 Å². The van der Waals surface area contributed by atoms with E-state index in [1.165, 1.54) is 4.90 Å². The average Bonchev–Trinajstić information content (AvgIpc) is 2.33. The molecule has 5 nitrogen and oxygen atoms in total. The summed E-state index contributed by atoms with van der Waals surface area (Å²) in [7, 11) is 0. The van der Waals surface area contributed by atoms with Gasteiger partial charge < -0.3 is 15.0 Å². The van der Waals surface area contributed by atoms with Crippen LogP contribution in [0.1, 0.15) is 27.7 Å². The molecule has 118 valence electrons. The maximum Gasteiger partial charge on any atom is 0.240 e. The van der Waals surface area contributed by atoms with Gasteiger partial charge in [-0.05, 0) is 39.9 Å². The molecular formula is C14H22N2O3S2. The van der Waals surface area contributed by atoms with Gasteiger partial charge in [-0.15, -0.1) is 6.42 Å². The van der Waals surface area contributed by atoms with Crippen LogP contribution >= 0.6 is 24.0 Å². The Kier molecular flexibility index (Phi) is 9.06. The van der Waals surface area contributed by atoms with E-state index in [0.29, 0.717) is 11.0 Å². The Morgan fingerprint density at radius 3 is 2.52 bits per heavy atom. The van der Waals surface area contributed by atoms with Crippen molar-refractivity contribution < 1.29 is 14.3 Å². The molecule has 21 heavy (non-hydrogen) atoms. The second-order valence-electron chi connectivity index (χ2n) is 5.22. The van der Waals surface area contributed by atoms with Crippen molar-refractivity contribution >= 4 is 40.2 Å². The topological polar surface area (TPSA) is 58.6 Å². The van der Waals surface area contributed by atoms with Gasteiger partial charge >= 0.3 is 0 Å². The highest BCUT2D eigenvalue weighted by Crippen LogP contribution is 2.08. The van der Waals surface area contributed by atoms with Gasteiger partial charge in [-0.3, -0.25) is 9.59 Å². The van der Waals surface area contributed by atoms with Crippen molar-refractivity contribution in [2.75, 3.05) is 25.4 Å². The van der Waals surface area contributed by atoms with E-state index in [1.54, 1.807) is 0 Å². The van der Waals surface area contributed by atoms with Crippen molar-refractivity contribution in [2.24, 2.45) is 0 Å². The van der Waals surface area contributed by atoms with Gasteiger partial charge in [-0.2, -0.15) is 0 Å². The molecule has 0 saturated carbocycles. The molecule has 1 N–H and O–H groups in total. The van der Waals surface area contributed by atoms with Crippen LogP contribution in [0.4, 0.5) is 0 Å². The van der Waals surface area contributed by atoms with Crippen LogP contribution in [0.2, 0.25) is 0 Å². The highest BCUT2D eigenvalue weighted by Gasteiger charge is 2.20. The molecule has 0 aromatic heterocycles. The molecule has 0 fully saturated rings. The van der Waals surface area contributed by atoms with Crippen molar-refractivity contribution in [3.8, 4) is 12.3 Å². The third-order valence-electron chi connectivity index (χ3n) is 2.06. The van der Waals surface area contributed by atoms with Gasteiger partial charge in [0.1, 0.15) is 6.54 Å². The number of nitrogens with one attached hydrogen (secondary N) is 1. The zero-order valence-corrected chi connectivity index (χ0v) is 14.5. The van der Waals surface area contributed by atoms with Crippen molar-refractivity contribution in [3.05, 3.63) is 0 Å². The van der Waals surface area contributed by atoms with Gasteiger partial charge in [0.05, 0.1) is 18.9 Å². The van der Waals surface area contributed by atoms with E-state index in [4.69, 9.17) is 23.4 Å². The lowest BCUT2D eigenvalue weighted by Crippen LogP contribution is -2.47. The Morgan fingerprint density at radius 2 is 2.05 bits per heavy atom. The first kappa shape index (κ1) is 19.7. The highest BCUT2D eigenvalue weighted by molar-refractivity contribution is 8.23. The van der Waals surface area contributed by atoms with E-state index in [2.05, 4.69) is 11.2 Å². The second-order valence-corrected chi connectivity index (χ2v) is 6.80. The lowest BCUT2D eigenvalue weighted by atomic mass is 10.1. The van der Waals surface area contributed by atoms with Crippen LogP contribution in [-0.4, -0.2) is 52.1 Å². The van der Waals surface area contributed by atoms with Crippen LogP contribution in [0.5, 0.6) is 0 Å². The van der Waals surface area contributed by atoms with Gasteiger partial charge in [0.15, 0.2) is 0 Å². The van der Waals surface area contributed by atoms with Gasteiger partial charge in [-0.25, -0.2) is 0 Å².